The fourth-order valence-corrected chi connectivity index (χ4v) is 3.52. The first-order chi connectivity index (χ1) is 13.4. The SMILES string of the molecule is Cc1ccc(CNC(=O)c2cc(-c3ccccc3)cc(CS(=O)[O-])c2C)cn1. The van der Waals surface area contributed by atoms with Gasteiger partial charge in [0.05, 0.1) is 0 Å². The van der Waals surface area contributed by atoms with Crippen molar-refractivity contribution in [1.29, 1.82) is 0 Å². The summed E-state index contributed by atoms with van der Waals surface area (Å²) < 4.78 is 22.6. The number of benzene rings is 2. The first-order valence-corrected chi connectivity index (χ1v) is 10.1. The van der Waals surface area contributed by atoms with Gasteiger partial charge in [-0.25, -0.2) is 0 Å². The highest BCUT2D eigenvalue weighted by molar-refractivity contribution is 7.78. The average Bonchev–Trinajstić information content (AvgIpc) is 2.69. The van der Waals surface area contributed by atoms with Crippen LogP contribution in [0.25, 0.3) is 11.1 Å². The molecule has 0 aliphatic heterocycles. The summed E-state index contributed by atoms with van der Waals surface area (Å²) in [6, 6.07) is 17.0. The van der Waals surface area contributed by atoms with Gasteiger partial charge >= 0.3 is 0 Å². The van der Waals surface area contributed by atoms with Crippen LogP contribution in [-0.4, -0.2) is 19.7 Å². The molecule has 1 aromatic heterocycles. The van der Waals surface area contributed by atoms with E-state index >= 15 is 0 Å². The molecule has 0 fully saturated rings. The van der Waals surface area contributed by atoms with Crippen LogP contribution in [0.3, 0.4) is 0 Å². The molecule has 1 amide bonds. The van der Waals surface area contributed by atoms with Crippen molar-refractivity contribution in [3.05, 3.63) is 88.7 Å². The smallest absolute Gasteiger partial charge is 0.251 e. The lowest BCUT2D eigenvalue weighted by Crippen LogP contribution is -2.24. The first kappa shape index (κ1) is 19.9. The lowest BCUT2D eigenvalue weighted by molar-refractivity contribution is 0.0950. The topological polar surface area (TPSA) is 82.1 Å². The van der Waals surface area contributed by atoms with Crippen LogP contribution >= 0.6 is 0 Å². The van der Waals surface area contributed by atoms with E-state index in [-0.39, 0.29) is 11.7 Å². The summed E-state index contributed by atoms with van der Waals surface area (Å²) in [5.74, 6) is -0.372. The summed E-state index contributed by atoms with van der Waals surface area (Å²) in [6.07, 6.45) is 1.73. The highest BCUT2D eigenvalue weighted by Gasteiger charge is 2.15. The van der Waals surface area contributed by atoms with Gasteiger partial charge in [-0.15, -0.1) is 0 Å². The second-order valence-corrected chi connectivity index (χ2v) is 7.51. The summed E-state index contributed by atoms with van der Waals surface area (Å²) in [7, 11) is 0. The van der Waals surface area contributed by atoms with Gasteiger partial charge in [0, 0.05) is 29.8 Å². The highest BCUT2D eigenvalue weighted by atomic mass is 32.2. The molecule has 0 bridgehead atoms. The lowest BCUT2D eigenvalue weighted by atomic mass is 9.95. The van der Waals surface area contributed by atoms with E-state index in [0.29, 0.717) is 23.2 Å². The molecule has 3 rings (SSSR count). The van der Waals surface area contributed by atoms with E-state index in [1.54, 1.807) is 13.1 Å². The third-order valence-electron chi connectivity index (χ3n) is 4.57. The number of rotatable bonds is 6. The molecule has 0 saturated carbocycles. The molecule has 1 N–H and O–H groups in total. The number of nitrogens with zero attached hydrogens (tertiary/aromatic N) is 1. The van der Waals surface area contributed by atoms with E-state index < -0.39 is 11.1 Å². The van der Waals surface area contributed by atoms with Gasteiger partial charge in [-0.2, -0.15) is 0 Å². The highest BCUT2D eigenvalue weighted by Crippen LogP contribution is 2.26. The Hall–Kier alpha value is -2.83. The molecule has 2 aromatic carbocycles. The molecule has 6 heteroatoms. The van der Waals surface area contributed by atoms with Crippen molar-refractivity contribution in [2.75, 3.05) is 0 Å². The summed E-state index contributed by atoms with van der Waals surface area (Å²) in [6.45, 7) is 4.03. The van der Waals surface area contributed by atoms with Crippen LogP contribution in [0.5, 0.6) is 0 Å². The molecule has 144 valence electrons. The molecule has 5 nitrogen and oxygen atoms in total. The number of carbonyl (C=O) groups excluding carboxylic acids is 1. The number of carbonyl (C=O) groups is 1. The first-order valence-electron chi connectivity index (χ1n) is 8.88. The standard InChI is InChI=1S/C22H22N2O3S/c1-15-8-9-17(12-23-15)13-24-22(25)21-11-19(18-6-4-3-5-7-18)10-20(16(21)2)14-28(26)27/h3-12H,13-14H2,1-2H3,(H,24,25)(H,26,27)/p-1. The van der Waals surface area contributed by atoms with Crippen molar-refractivity contribution >= 4 is 17.0 Å². The minimum atomic E-state index is -2.24. The van der Waals surface area contributed by atoms with Crippen molar-refractivity contribution in [2.24, 2.45) is 0 Å². The maximum Gasteiger partial charge on any atom is 0.251 e. The third kappa shape index (κ3) is 4.91. The van der Waals surface area contributed by atoms with Crippen LogP contribution in [0, 0.1) is 13.8 Å². The largest absolute Gasteiger partial charge is 0.772 e. The van der Waals surface area contributed by atoms with Crippen molar-refractivity contribution in [2.45, 2.75) is 26.1 Å². The molecule has 0 aliphatic carbocycles. The van der Waals surface area contributed by atoms with Crippen molar-refractivity contribution in [1.82, 2.24) is 10.3 Å². The van der Waals surface area contributed by atoms with Gasteiger partial charge in [0.25, 0.3) is 5.91 Å². The second-order valence-electron chi connectivity index (χ2n) is 6.61. The number of amides is 1. The molecule has 0 saturated heterocycles. The van der Waals surface area contributed by atoms with Crippen LogP contribution in [0.1, 0.15) is 32.7 Å². The van der Waals surface area contributed by atoms with Gasteiger partial charge < -0.3 is 9.87 Å². The van der Waals surface area contributed by atoms with E-state index in [4.69, 9.17) is 0 Å². The van der Waals surface area contributed by atoms with Gasteiger partial charge in [0.1, 0.15) is 0 Å². The molecule has 0 aliphatic rings. The quantitative estimate of drug-likeness (QED) is 0.648. The molecule has 1 heterocycles. The van der Waals surface area contributed by atoms with Crippen molar-refractivity contribution in [3.8, 4) is 11.1 Å². The van der Waals surface area contributed by atoms with Crippen LogP contribution in [0.15, 0.2) is 60.8 Å². The van der Waals surface area contributed by atoms with Crippen LogP contribution < -0.4 is 5.32 Å². The van der Waals surface area contributed by atoms with E-state index in [9.17, 15) is 13.6 Å². The number of hydrogen-bond donors (Lipinski definition) is 1. The van der Waals surface area contributed by atoms with Crippen LogP contribution in [-0.2, 0) is 23.4 Å². The zero-order chi connectivity index (χ0) is 20.1. The molecular formula is C22H21N2O3S-. The number of aryl methyl sites for hydroxylation is 1. The maximum atomic E-state index is 12.8. The molecule has 1 atom stereocenters. The molecule has 28 heavy (non-hydrogen) atoms. The Labute approximate surface area is 167 Å². The Morgan fingerprint density at radius 1 is 1.07 bits per heavy atom. The van der Waals surface area contributed by atoms with Crippen LogP contribution in [0.2, 0.25) is 0 Å². The second kappa shape index (κ2) is 8.91. The molecular weight excluding hydrogens is 372 g/mol. The molecule has 0 spiro atoms. The van der Waals surface area contributed by atoms with Gasteiger partial charge in [-0.05, 0) is 59.9 Å². The van der Waals surface area contributed by atoms with E-state index in [0.717, 1.165) is 22.4 Å². The van der Waals surface area contributed by atoms with E-state index in [1.807, 2.05) is 61.5 Å². The summed E-state index contributed by atoms with van der Waals surface area (Å²) >= 11 is -2.24. The predicted molar refractivity (Wildman–Crippen MR) is 109 cm³/mol. The third-order valence-corrected chi connectivity index (χ3v) is 5.11. The fourth-order valence-electron chi connectivity index (χ4n) is 2.96. The van der Waals surface area contributed by atoms with Gasteiger partial charge in [0.15, 0.2) is 0 Å². The normalized spacial score (nSPS) is 11.8. The Kier molecular flexibility index (Phi) is 6.34. The molecule has 1 unspecified atom stereocenters. The van der Waals surface area contributed by atoms with Gasteiger partial charge in [0.2, 0.25) is 0 Å². The average molecular weight is 393 g/mol. The molecule has 3 aromatic rings. The predicted octanol–water partition coefficient (Wildman–Crippen LogP) is 3.67. The number of aromatic nitrogens is 1. The number of nitrogens with one attached hydrogen (secondary N) is 1. The van der Waals surface area contributed by atoms with Crippen molar-refractivity contribution < 1.29 is 13.6 Å². The Morgan fingerprint density at radius 2 is 1.82 bits per heavy atom. The van der Waals surface area contributed by atoms with E-state index in [2.05, 4.69) is 10.3 Å². The maximum absolute atomic E-state index is 12.8. The van der Waals surface area contributed by atoms with Crippen molar-refractivity contribution in [3.63, 3.8) is 0 Å². The zero-order valence-corrected chi connectivity index (χ0v) is 16.6. The lowest BCUT2D eigenvalue weighted by Gasteiger charge is -2.16. The monoisotopic (exact) mass is 393 g/mol. The Balaban J connectivity index is 1.92. The number of hydrogen-bond acceptors (Lipinski definition) is 4. The zero-order valence-electron chi connectivity index (χ0n) is 15.8. The summed E-state index contributed by atoms with van der Waals surface area (Å²) in [5.41, 5.74) is 5.32. The molecule has 0 radical (unpaired) electrons. The Morgan fingerprint density at radius 3 is 2.46 bits per heavy atom. The van der Waals surface area contributed by atoms with E-state index in [1.165, 1.54) is 0 Å². The minimum absolute atomic E-state index is 0.130. The number of pyridine rings is 1. The fraction of sp³-hybridized carbons (Fsp3) is 0.182. The van der Waals surface area contributed by atoms with Gasteiger partial charge in [-0.1, -0.05) is 47.5 Å². The Bertz CT molecular complexity index is 1000. The van der Waals surface area contributed by atoms with Crippen LogP contribution in [0.4, 0.5) is 0 Å². The summed E-state index contributed by atoms with van der Waals surface area (Å²) in [4.78, 5) is 17.1. The van der Waals surface area contributed by atoms with Gasteiger partial charge in [-0.3, -0.25) is 14.0 Å². The minimum Gasteiger partial charge on any atom is -0.772 e. The summed E-state index contributed by atoms with van der Waals surface area (Å²) in [5, 5.41) is 2.90.